The molecule has 2 N–H and O–H groups in total. The number of hydrogen-bond acceptors (Lipinski definition) is 5. The van der Waals surface area contributed by atoms with Crippen molar-refractivity contribution in [2.75, 3.05) is 19.8 Å². The van der Waals surface area contributed by atoms with Gasteiger partial charge in [0.2, 0.25) is 11.8 Å². The number of carbonyl (C=O) groups excluding carboxylic acids is 4. The molecule has 0 unspecified atom stereocenters. The number of halogens is 2. The molecule has 0 spiro atoms. The summed E-state index contributed by atoms with van der Waals surface area (Å²) < 4.78 is 31.7. The predicted octanol–water partition coefficient (Wildman–Crippen LogP) is 2.46. The second-order valence-corrected chi connectivity index (χ2v) is 10.2. The summed E-state index contributed by atoms with van der Waals surface area (Å²) in [5, 5.41) is 5.40. The van der Waals surface area contributed by atoms with E-state index in [4.69, 9.17) is 4.74 Å². The number of carbonyl (C=O) groups is 4. The van der Waals surface area contributed by atoms with E-state index in [1.165, 1.54) is 21.9 Å². The zero-order chi connectivity index (χ0) is 26.6. The molecule has 2 saturated heterocycles. The Kier molecular flexibility index (Phi) is 8.52. The molecule has 0 aromatic heterocycles. The molecule has 2 fully saturated rings. The summed E-state index contributed by atoms with van der Waals surface area (Å²) in [5.41, 5.74) is -0.110. The Balaban J connectivity index is 1.80. The van der Waals surface area contributed by atoms with E-state index in [0.717, 1.165) is 0 Å². The van der Waals surface area contributed by atoms with E-state index >= 15 is 0 Å². The third-order valence-corrected chi connectivity index (χ3v) is 6.38. The van der Waals surface area contributed by atoms with Gasteiger partial charge in [-0.25, -0.2) is 13.6 Å². The average Bonchev–Trinajstić information content (AvgIpc) is 3.21. The topological polar surface area (TPSA) is 108 Å². The lowest BCUT2D eigenvalue weighted by atomic mass is 10.1. The Morgan fingerprint density at radius 3 is 2.42 bits per heavy atom. The van der Waals surface area contributed by atoms with Crippen LogP contribution in [0, 0.1) is 5.82 Å². The van der Waals surface area contributed by atoms with E-state index in [1.54, 1.807) is 39.8 Å². The standard InChI is InChI=1S/C25H34F2N4O5/c1-15(16-5-7-17(27)8-6-16)28-22(33)20-10-9-18-11-12-30(21(32)13-26)14-19(23(34)31(18)20)29-24(35)36-25(2,3)4/h5-8,15,18-20H,9-14H2,1-4H3,(H,28,33)(H,29,35)/t15-,18-,19+,20+/m1/s1. The van der Waals surface area contributed by atoms with Crippen molar-refractivity contribution in [2.45, 2.75) is 76.7 Å². The molecule has 1 aromatic rings. The minimum absolute atomic E-state index is 0.185. The summed E-state index contributed by atoms with van der Waals surface area (Å²) in [4.78, 5) is 54.2. The van der Waals surface area contributed by atoms with Crippen molar-refractivity contribution in [3.05, 3.63) is 35.6 Å². The molecule has 1 aromatic carbocycles. The van der Waals surface area contributed by atoms with Gasteiger partial charge in [-0.05, 0) is 64.7 Å². The van der Waals surface area contributed by atoms with Crippen LogP contribution in [0.4, 0.5) is 13.6 Å². The average molecular weight is 509 g/mol. The first kappa shape index (κ1) is 27.3. The van der Waals surface area contributed by atoms with E-state index in [2.05, 4.69) is 10.6 Å². The van der Waals surface area contributed by atoms with Crippen molar-refractivity contribution in [2.24, 2.45) is 0 Å². The zero-order valence-corrected chi connectivity index (χ0v) is 21.1. The summed E-state index contributed by atoms with van der Waals surface area (Å²) in [5.74, 6) is -2.05. The quantitative estimate of drug-likeness (QED) is 0.635. The van der Waals surface area contributed by atoms with Crippen LogP contribution >= 0.6 is 0 Å². The van der Waals surface area contributed by atoms with Gasteiger partial charge in [-0.15, -0.1) is 0 Å². The highest BCUT2D eigenvalue weighted by molar-refractivity contribution is 5.93. The first-order chi connectivity index (χ1) is 16.9. The summed E-state index contributed by atoms with van der Waals surface area (Å²) in [6, 6.07) is 3.01. The van der Waals surface area contributed by atoms with E-state index < -0.39 is 48.3 Å². The molecule has 2 aliphatic heterocycles. The largest absolute Gasteiger partial charge is 0.444 e. The maximum absolute atomic E-state index is 13.6. The SMILES string of the molecule is C[C@@H](NC(=O)[C@@H]1CC[C@@H]2CCN(C(=O)CF)C[C@H](NC(=O)OC(C)(C)C)C(=O)N21)c1ccc(F)cc1. The highest BCUT2D eigenvalue weighted by Gasteiger charge is 2.45. The summed E-state index contributed by atoms with van der Waals surface area (Å²) in [7, 11) is 0. The Labute approximate surface area is 209 Å². The van der Waals surface area contributed by atoms with E-state index in [-0.39, 0.29) is 30.9 Å². The summed E-state index contributed by atoms with van der Waals surface area (Å²) in [6.07, 6.45) is 0.449. The van der Waals surface area contributed by atoms with Crippen LogP contribution in [0.15, 0.2) is 24.3 Å². The fraction of sp³-hybridized carbons (Fsp3) is 0.600. The number of nitrogens with zero attached hydrogens (tertiary/aromatic N) is 2. The molecule has 2 aliphatic rings. The molecule has 3 rings (SSSR count). The van der Waals surface area contributed by atoms with Gasteiger partial charge in [0.1, 0.15) is 23.5 Å². The second kappa shape index (κ2) is 11.2. The van der Waals surface area contributed by atoms with Crippen LogP contribution in [-0.4, -0.2) is 77.1 Å². The van der Waals surface area contributed by atoms with Crippen molar-refractivity contribution < 1.29 is 32.7 Å². The van der Waals surface area contributed by atoms with E-state index in [0.29, 0.717) is 24.8 Å². The molecule has 11 heteroatoms. The van der Waals surface area contributed by atoms with Crippen LogP contribution in [0.25, 0.3) is 0 Å². The molecule has 0 saturated carbocycles. The van der Waals surface area contributed by atoms with Gasteiger partial charge in [0.15, 0.2) is 6.67 Å². The zero-order valence-electron chi connectivity index (χ0n) is 21.1. The van der Waals surface area contributed by atoms with Crippen LogP contribution in [-0.2, 0) is 19.1 Å². The molecule has 4 amide bonds. The maximum Gasteiger partial charge on any atom is 0.408 e. The smallest absolute Gasteiger partial charge is 0.408 e. The Bertz CT molecular complexity index is 982. The first-order valence-electron chi connectivity index (χ1n) is 12.1. The number of benzene rings is 1. The second-order valence-electron chi connectivity index (χ2n) is 10.2. The van der Waals surface area contributed by atoms with Gasteiger partial charge < -0.3 is 25.2 Å². The molecule has 0 bridgehead atoms. The third-order valence-electron chi connectivity index (χ3n) is 6.38. The Morgan fingerprint density at radius 1 is 1.14 bits per heavy atom. The van der Waals surface area contributed by atoms with Crippen LogP contribution in [0.2, 0.25) is 0 Å². The van der Waals surface area contributed by atoms with Gasteiger partial charge >= 0.3 is 6.09 Å². The molecule has 36 heavy (non-hydrogen) atoms. The lowest BCUT2D eigenvalue weighted by molar-refractivity contribution is -0.145. The number of hydrogen-bond donors (Lipinski definition) is 2. The number of rotatable bonds is 5. The van der Waals surface area contributed by atoms with Crippen molar-refractivity contribution in [1.29, 1.82) is 0 Å². The van der Waals surface area contributed by atoms with Gasteiger partial charge in [-0.2, -0.15) is 0 Å². The van der Waals surface area contributed by atoms with Crippen LogP contribution in [0.3, 0.4) is 0 Å². The number of fused-ring (bicyclic) bond motifs is 1. The van der Waals surface area contributed by atoms with Crippen LogP contribution in [0.5, 0.6) is 0 Å². The summed E-state index contributed by atoms with van der Waals surface area (Å²) in [6.45, 7) is 5.52. The minimum atomic E-state index is -1.21. The number of amides is 4. The van der Waals surface area contributed by atoms with Crippen molar-refractivity contribution in [3.8, 4) is 0 Å². The molecule has 9 nitrogen and oxygen atoms in total. The Morgan fingerprint density at radius 2 is 1.81 bits per heavy atom. The minimum Gasteiger partial charge on any atom is -0.444 e. The number of nitrogens with one attached hydrogen (secondary N) is 2. The van der Waals surface area contributed by atoms with Crippen molar-refractivity contribution >= 4 is 23.8 Å². The van der Waals surface area contributed by atoms with E-state index in [9.17, 15) is 28.0 Å². The van der Waals surface area contributed by atoms with Gasteiger partial charge in [0, 0.05) is 12.6 Å². The summed E-state index contributed by atoms with van der Waals surface area (Å²) >= 11 is 0. The van der Waals surface area contributed by atoms with Crippen molar-refractivity contribution in [1.82, 2.24) is 20.4 Å². The third kappa shape index (κ3) is 6.70. The number of alkyl carbamates (subject to hydrolysis) is 1. The van der Waals surface area contributed by atoms with Gasteiger partial charge in [-0.1, -0.05) is 12.1 Å². The maximum atomic E-state index is 13.6. The highest BCUT2D eigenvalue weighted by Crippen LogP contribution is 2.30. The lowest BCUT2D eigenvalue weighted by Crippen LogP contribution is -2.61. The first-order valence-corrected chi connectivity index (χ1v) is 12.1. The van der Waals surface area contributed by atoms with Gasteiger partial charge in [0.25, 0.3) is 5.91 Å². The molecular formula is C25H34F2N4O5. The number of ether oxygens (including phenoxy) is 1. The molecule has 2 heterocycles. The monoisotopic (exact) mass is 508 g/mol. The fourth-order valence-corrected chi connectivity index (χ4v) is 4.64. The highest BCUT2D eigenvalue weighted by atomic mass is 19.1. The number of alkyl halides is 1. The fourth-order valence-electron chi connectivity index (χ4n) is 4.64. The van der Waals surface area contributed by atoms with E-state index in [1.807, 2.05) is 0 Å². The Hall–Kier alpha value is -3.24. The molecule has 0 aliphatic carbocycles. The normalized spacial score (nSPS) is 23.3. The van der Waals surface area contributed by atoms with Crippen LogP contribution < -0.4 is 10.6 Å². The predicted molar refractivity (Wildman–Crippen MR) is 127 cm³/mol. The molecule has 198 valence electrons. The van der Waals surface area contributed by atoms with Gasteiger partial charge in [-0.3, -0.25) is 14.4 Å². The van der Waals surface area contributed by atoms with Crippen molar-refractivity contribution in [3.63, 3.8) is 0 Å². The molecule has 0 radical (unpaired) electrons. The molecular weight excluding hydrogens is 474 g/mol. The lowest BCUT2D eigenvalue weighted by Gasteiger charge is -2.38. The van der Waals surface area contributed by atoms with Gasteiger partial charge in [0.05, 0.1) is 12.6 Å². The van der Waals surface area contributed by atoms with Crippen LogP contribution in [0.1, 0.15) is 58.6 Å². The molecule has 4 atom stereocenters.